The summed E-state index contributed by atoms with van der Waals surface area (Å²) in [4.78, 5) is 11.0. The number of nitro groups is 1. The van der Waals surface area contributed by atoms with E-state index in [1.54, 1.807) is 6.08 Å². The van der Waals surface area contributed by atoms with Crippen LogP contribution in [0.2, 0.25) is 0 Å². The van der Waals surface area contributed by atoms with Crippen LogP contribution in [0.5, 0.6) is 0 Å². The highest BCUT2D eigenvalue weighted by molar-refractivity contribution is 5.55. The first-order valence-electron chi connectivity index (χ1n) is 6.88. The molecule has 0 aliphatic heterocycles. The number of benzene rings is 1. The van der Waals surface area contributed by atoms with Gasteiger partial charge in [0.1, 0.15) is 0 Å². The lowest BCUT2D eigenvalue weighted by molar-refractivity contribution is -0.419. The molecule has 0 saturated heterocycles. The van der Waals surface area contributed by atoms with Crippen LogP contribution in [0, 0.1) is 10.1 Å². The highest BCUT2D eigenvalue weighted by Gasteiger charge is 2.17. The van der Waals surface area contributed by atoms with Gasteiger partial charge in [0.05, 0.1) is 4.92 Å². The molecule has 1 aliphatic rings. The van der Waals surface area contributed by atoms with Crippen LogP contribution < -0.4 is 0 Å². The molecule has 0 radical (unpaired) electrons. The Kier molecular flexibility index (Phi) is 4.90. The Labute approximate surface area is 113 Å². The number of hydrogen-bond acceptors (Lipinski definition) is 2. The van der Waals surface area contributed by atoms with Gasteiger partial charge in [0, 0.05) is 11.6 Å². The maximum absolute atomic E-state index is 11.3. The van der Waals surface area contributed by atoms with Gasteiger partial charge >= 0.3 is 0 Å². The van der Waals surface area contributed by atoms with Crippen LogP contribution in [-0.2, 0) is 0 Å². The Bertz CT molecular complexity index is 489. The maximum atomic E-state index is 11.3. The summed E-state index contributed by atoms with van der Waals surface area (Å²) >= 11 is 0. The minimum atomic E-state index is -0.250. The van der Waals surface area contributed by atoms with Crippen molar-refractivity contribution in [1.82, 2.24) is 0 Å². The molecule has 1 aliphatic carbocycles. The van der Waals surface area contributed by atoms with Crippen molar-refractivity contribution in [3.63, 3.8) is 0 Å². The number of allylic oxidation sites excluding steroid dienone is 2. The lowest BCUT2D eigenvalue weighted by atomic mass is 9.97. The minimum absolute atomic E-state index is 0.250. The zero-order valence-corrected chi connectivity index (χ0v) is 11.0. The predicted molar refractivity (Wildman–Crippen MR) is 77.2 cm³/mol. The van der Waals surface area contributed by atoms with E-state index in [-0.39, 0.29) is 10.6 Å². The van der Waals surface area contributed by atoms with Crippen molar-refractivity contribution in [2.75, 3.05) is 0 Å². The lowest BCUT2D eigenvalue weighted by Crippen LogP contribution is -2.04. The van der Waals surface area contributed by atoms with Crippen molar-refractivity contribution in [3.05, 3.63) is 63.4 Å². The normalized spacial score (nSPS) is 20.0. The second-order valence-corrected chi connectivity index (χ2v) is 4.88. The molecule has 3 nitrogen and oxygen atoms in total. The smallest absolute Gasteiger partial charge is 0.258 e. The molecule has 100 valence electrons. The summed E-state index contributed by atoms with van der Waals surface area (Å²) in [5.41, 5.74) is 2.04. The van der Waals surface area contributed by atoms with Crippen LogP contribution in [0.3, 0.4) is 0 Å². The maximum Gasteiger partial charge on any atom is 0.272 e. The molecule has 1 aromatic rings. The van der Waals surface area contributed by atoms with E-state index in [2.05, 4.69) is 6.08 Å². The quantitative estimate of drug-likeness (QED) is 0.587. The van der Waals surface area contributed by atoms with Gasteiger partial charge in [-0.25, -0.2) is 0 Å². The summed E-state index contributed by atoms with van der Waals surface area (Å²) in [5.74, 6) is 0. The number of nitrogens with zero attached hydrogens (tertiary/aromatic N) is 1. The van der Waals surface area contributed by atoms with Crippen LogP contribution in [0.1, 0.15) is 44.1 Å². The highest BCUT2D eigenvalue weighted by atomic mass is 16.6. The fourth-order valence-corrected chi connectivity index (χ4v) is 2.39. The molecule has 0 atom stereocenters. The van der Waals surface area contributed by atoms with E-state index in [4.69, 9.17) is 0 Å². The van der Waals surface area contributed by atoms with Crippen LogP contribution in [-0.4, -0.2) is 4.92 Å². The van der Waals surface area contributed by atoms with Crippen molar-refractivity contribution < 1.29 is 4.92 Å². The zero-order valence-electron chi connectivity index (χ0n) is 11.0. The Morgan fingerprint density at radius 1 is 1.11 bits per heavy atom. The Morgan fingerprint density at radius 2 is 1.84 bits per heavy atom. The van der Waals surface area contributed by atoms with E-state index in [9.17, 15) is 10.1 Å². The number of rotatable bonds is 3. The van der Waals surface area contributed by atoms with E-state index in [0.29, 0.717) is 0 Å². The molecular formula is C16H19NO2. The van der Waals surface area contributed by atoms with Gasteiger partial charge in [-0.2, -0.15) is 0 Å². The first kappa shape index (κ1) is 13.5. The topological polar surface area (TPSA) is 43.1 Å². The van der Waals surface area contributed by atoms with Gasteiger partial charge in [-0.1, -0.05) is 49.2 Å². The van der Waals surface area contributed by atoms with Crippen molar-refractivity contribution in [2.24, 2.45) is 0 Å². The van der Waals surface area contributed by atoms with E-state index in [1.165, 1.54) is 12.8 Å². The van der Waals surface area contributed by atoms with Crippen molar-refractivity contribution >= 4 is 6.08 Å². The molecule has 0 heterocycles. The summed E-state index contributed by atoms with van der Waals surface area (Å²) in [5, 5.41) is 11.3. The van der Waals surface area contributed by atoms with E-state index in [0.717, 1.165) is 36.8 Å². The Morgan fingerprint density at radius 3 is 2.58 bits per heavy atom. The van der Waals surface area contributed by atoms with E-state index in [1.807, 2.05) is 30.3 Å². The van der Waals surface area contributed by atoms with Gasteiger partial charge in [-0.05, 0) is 31.2 Å². The summed E-state index contributed by atoms with van der Waals surface area (Å²) < 4.78 is 0. The first-order valence-corrected chi connectivity index (χ1v) is 6.88. The molecule has 19 heavy (non-hydrogen) atoms. The fraction of sp³-hybridized carbons (Fsp3) is 0.375. The third-order valence-corrected chi connectivity index (χ3v) is 3.42. The third-order valence-electron chi connectivity index (χ3n) is 3.42. The van der Waals surface area contributed by atoms with Gasteiger partial charge < -0.3 is 0 Å². The second kappa shape index (κ2) is 6.88. The van der Waals surface area contributed by atoms with Crippen molar-refractivity contribution in [2.45, 2.75) is 38.5 Å². The Balaban J connectivity index is 2.29. The summed E-state index contributed by atoms with van der Waals surface area (Å²) in [6.07, 6.45) is 10.1. The Hall–Kier alpha value is -1.90. The molecule has 0 spiro atoms. The van der Waals surface area contributed by atoms with Crippen LogP contribution in [0.25, 0.3) is 6.08 Å². The van der Waals surface area contributed by atoms with E-state index >= 15 is 0 Å². The lowest BCUT2D eigenvalue weighted by Gasteiger charge is -2.09. The average Bonchev–Trinajstić information content (AvgIpc) is 2.37. The van der Waals surface area contributed by atoms with E-state index < -0.39 is 0 Å². The molecule has 0 aromatic heterocycles. The minimum Gasteiger partial charge on any atom is -0.258 e. The predicted octanol–water partition coefficient (Wildman–Crippen LogP) is 4.58. The molecule has 0 saturated carbocycles. The molecule has 2 rings (SSSR count). The van der Waals surface area contributed by atoms with Crippen LogP contribution in [0.15, 0.2) is 47.7 Å². The van der Waals surface area contributed by atoms with Gasteiger partial charge in [-0.3, -0.25) is 10.1 Å². The zero-order chi connectivity index (χ0) is 13.5. The standard InChI is InChI=1S/C16H19NO2/c18-17(19)16(13-14-9-5-4-6-10-14)15-11-7-2-1-3-8-12-15/h4-6,9-11,13H,1-3,7-8,12H2/b15-11+,16-13+. The molecule has 0 amide bonds. The van der Waals surface area contributed by atoms with Crippen LogP contribution in [0.4, 0.5) is 0 Å². The molecular weight excluding hydrogens is 238 g/mol. The third kappa shape index (κ3) is 4.05. The fourth-order valence-electron chi connectivity index (χ4n) is 2.39. The van der Waals surface area contributed by atoms with Crippen LogP contribution >= 0.6 is 0 Å². The largest absolute Gasteiger partial charge is 0.272 e. The molecule has 3 heteroatoms. The van der Waals surface area contributed by atoms with Gasteiger partial charge in [-0.15, -0.1) is 0 Å². The first-order chi connectivity index (χ1) is 9.27. The molecule has 1 aromatic carbocycles. The monoisotopic (exact) mass is 257 g/mol. The van der Waals surface area contributed by atoms with Gasteiger partial charge in [0.2, 0.25) is 0 Å². The molecule has 0 fully saturated rings. The van der Waals surface area contributed by atoms with Gasteiger partial charge in [0.25, 0.3) is 5.70 Å². The molecule has 0 unspecified atom stereocenters. The summed E-state index contributed by atoms with van der Waals surface area (Å²) in [6.45, 7) is 0. The number of hydrogen-bond donors (Lipinski definition) is 0. The molecule has 0 bridgehead atoms. The van der Waals surface area contributed by atoms with Crippen molar-refractivity contribution in [1.29, 1.82) is 0 Å². The SMILES string of the molecule is O=[N+]([O-])C(=C/c1ccccc1)/C1=C/CCCCCC1. The highest BCUT2D eigenvalue weighted by Crippen LogP contribution is 2.24. The van der Waals surface area contributed by atoms with Gasteiger partial charge in [0.15, 0.2) is 0 Å². The van der Waals surface area contributed by atoms with Crippen molar-refractivity contribution in [3.8, 4) is 0 Å². The molecule has 0 N–H and O–H groups in total. The summed E-state index contributed by atoms with van der Waals surface area (Å²) in [7, 11) is 0. The second-order valence-electron chi connectivity index (χ2n) is 4.88. The average molecular weight is 257 g/mol. The summed E-state index contributed by atoms with van der Waals surface area (Å²) in [6, 6.07) is 9.50.